The second-order valence-corrected chi connectivity index (χ2v) is 3.37. The third kappa shape index (κ3) is 4.85. The van der Waals surface area contributed by atoms with Gasteiger partial charge in [-0.1, -0.05) is 6.92 Å². The van der Waals surface area contributed by atoms with Crippen LogP contribution in [0.1, 0.15) is 26.7 Å². The lowest BCUT2D eigenvalue weighted by Gasteiger charge is -2.28. The van der Waals surface area contributed by atoms with Crippen LogP contribution < -0.4 is 5.32 Å². The van der Waals surface area contributed by atoms with Crippen molar-refractivity contribution in [3.63, 3.8) is 0 Å². The van der Waals surface area contributed by atoms with Crippen LogP contribution in [-0.4, -0.2) is 36.9 Å². The Morgan fingerprint density at radius 3 is 2.62 bits per heavy atom. The number of rotatable bonds is 6. The van der Waals surface area contributed by atoms with Gasteiger partial charge in [0.15, 0.2) is 0 Å². The molecule has 4 heteroatoms. The average Bonchev–Trinajstić information content (AvgIpc) is 2.05. The predicted octanol–water partition coefficient (Wildman–Crippen LogP) is 0.300. The largest absolute Gasteiger partial charge is 0.396 e. The fourth-order valence-electron chi connectivity index (χ4n) is 1.08. The summed E-state index contributed by atoms with van der Waals surface area (Å²) in [4.78, 5) is 11.2. The maximum absolute atomic E-state index is 11.2. The number of carbonyl (C=O) groups is 1. The fourth-order valence-corrected chi connectivity index (χ4v) is 1.08. The van der Waals surface area contributed by atoms with Crippen LogP contribution in [0.15, 0.2) is 0 Å². The summed E-state index contributed by atoms with van der Waals surface area (Å²) in [5.74, 6) is -0.139. The molecule has 2 N–H and O–H groups in total. The van der Waals surface area contributed by atoms with Gasteiger partial charge in [0, 0.05) is 19.3 Å². The van der Waals surface area contributed by atoms with Crippen LogP contribution in [0.5, 0.6) is 0 Å². The highest BCUT2D eigenvalue weighted by atomic mass is 16.5. The monoisotopic (exact) mass is 189 g/mol. The van der Waals surface area contributed by atoms with Crippen molar-refractivity contribution in [3.8, 4) is 0 Å². The summed E-state index contributed by atoms with van der Waals surface area (Å²) in [5.41, 5.74) is -0.315. The molecule has 0 saturated carbocycles. The summed E-state index contributed by atoms with van der Waals surface area (Å²) >= 11 is 0. The molecule has 1 atom stereocenters. The van der Waals surface area contributed by atoms with E-state index in [4.69, 9.17) is 9.84 Å². The van der Waals surface area contributed by atoms with Gasteiger partial charge in [0.1, 0.15) is 6.61 Å². The molecule has 1 amide bonds. The van der Waals surface area contributed by atoms with E-state index >= 15 is 0 Å². The van der Waals surface area contributed by atoms with E-state index in [-0.39, 0.29) is 24.7 Å². The molecule has 0 aliphatic rings. The molecule has 0 aliphatic heterocycles. The van der Waals surface area contributed by atoms with Crippen molar-refractivity contribution in [1.29, 1.82) is 0 Å². The van der Waals surface area contributed by atoms with Crippen LogP contribution in [0, 0.1) is 0 Å². The van der Waals surface area contributed by atoms with Crippen molar-refractivity contribution in [1.82, 2.24) is 5.32 Å². The van der Waals surface area contributed by atoms with Crippen LogP contribution >= 0.6 is 0 Å². The van der Waals surface area contributed by atoms with E-state index in [1.54, 1.807) is 0 Å². The van der Waals surface area contributed by atoms with Gasteiger partial charge in [-0.15, -0.1) is 0 Å². The number of ether oxygens (including phenoxy) is 1. The molecule has 0 aromatic rings. The zero-order valence-electron chi connectivity index (χ0n) is 8.59. The highest BCUT2D eigenvalue weighted by Gasteiger charge is 2.23. The van der Waals surface area contributed by atoms with Crippen molar-refractivity contribution in [2.75, 3.05) is 20.3 Å². The third-order valence-electron chi connectivity index (χ3n) is 2.16. The summed E-state index contributed by atoms with van der Waals surface area (Å²) in [6.07, 6.45) is 1.36. The Hall–Kier alpha value is -0.610. The second-order valence-electron chi connectivity index (χ2n) is 3.37. The molecule has 78 valence electrons. The number of hydrogen-bond acceptors (Lipinski definition) is 3. The van der Waals surface area contributed by atoms with Gasteiger partial charge in [-0.3, -0.25) is 4.79 Å². The van der Waals surface area contributed by atoms with E-state index in [0.29, 0.717) is 6.42 Å². The normalized spacial score (nSPS) is 15.1. The second kappa shape index (κ2) is 5.94. The molecule has 0 rings (SSSR count). The average molecular weight is 189 g/mol. The molecule has 0 fully saturated rings. The molecular formula is C9H19NO3. The minimum Gasteiger partial charge on any atom is -0.396 e. The number of aliphatic hydroxyl groups is 1. The number of methoxy groups -OCH3 is 1. The smallest absolute Gasteiger partial charge is 0.246 e. The molecule has 0 spiro atoms. The van der Waals surface area contributed by atoms with Crippen LogP contribution in [0.2, 0.25) is 0 Å². The predicted molar refractivity (Wildman–Crippen MR) is 50.4 cm³/mol. The molecule has 1 unspecified atom stereocenters. The molecule has 0 bridgehead atoms. The highest BCUT2D eigenvalue weighted by molar-refractivity contribution is 5.77. The summed E-state index contributed by atoms with van der Waals surface area (Å²) in [5, 5.41) is 11.6. The number of amides is 1. The van der Waals surface area contributed by atoms with Gasteiger partial charge in [0.25, 0.3) is 0 Å². The van der Waals surface area contributed by atoms with Crippen molar-refractivity contribution in [2.24, 2.45) is 0 Å². The Morgan fingerprint density at radius 2 is 2.23 bits per heavy atom. The van der Waals surface area contributed by atoms with E-state index in [1.165, 1.54) is 7.11 Å². The van der Waals surface area contributed by atoms with Gasteiger partial charge in [-0.2, -0.15) is 0 Å². The maximum Gasteiger partial charge on any atom is 0.246 e. The molecule has 0 heterocycles. The molecular weight excluding hydrogens is 170 g/mol. The Morgan fingerprint density at radius 1 is 1.62 bits per heavy atom. The van der Waals surface area contributed by atoms with Crippen molar-refractivity contribution in [3.05, 3.63) is 0 Å². The Labute approximate surface area is 79.3 Å². The van der Waals surface area contributed by atoms with Crippen LogP contribution in [0.25, 0.3) is 0 Å². The van der Waals surface area contributed by atoms with Crippen molar-refractivity contribution in [2.45, 2.75) is 32.2 Å². The first-order chi connectivity index (χ1) is 6.08. The quantitative estimate of drug-likeness (QED) is 0.632. The molecule has 13 heavy (non-hydrogen) atoms. The molecule has 0 saturated heterocycles. The summed E-state index contributed by atoms with van der Waals surface area (Å²) < 4.78 is 4.70. The Bertz CT molecular complexity index is 161. The Balaban J connectivity index is 4.02. The number of nitrogens with one attached hydrogen (secondary N) is 1. The lowest BCUT2D eigenvalue weighted by molar-refractivity contribution is -0.126. The van der Waals surface area contributed by atoms with E-state index in [2.05, 4.69) is 5.32 Å². The standard InChI is InChI=1S/C9H19NO3/c1-4-9(2,5-6-11)10-8(12)7-13-3/h11H,4-7H2,1-3H3,(H,10,12). The number of carbonyl (C=O) groups excluding carboxylic acids is 1. The third-order valence-corrected chi connectivity index (χ3v) is 2.16. The van der Waals surface area contributed by atoms with E-state index in [0.717, 1.165) is 6.42 Å². The van der Waals surface area contributed by atoms with Gasteiger partial charge < -0.3 is 15.2 Å². The Kier molecular flexibility index (Phi) is 5.66. The van der Waals surface area contributed by atoms with Crippen molar-refractivity contribution >= 4 is 5.91 Å². The fraction of sp³-hybridized carbons (Fsp3) is 0.889. The van der Waals surface area contributed by atoms with Gasteiger partial charge in [-0.05, 0) is 19.8 Å². The first-order valence-corrected chi connectivity index (χ1v) is 4.49. The van der Waals surface area contributed by atoms with Gasteiger partial charge >= 0.3 is 0 Å². The zero-order valence-corrected chi connectivity index (χ0v) is 8.59. The summed E-state index contributed by atoms with van der Waals surface area (Å²) in [6.45, 7) is 4.04. The highest BCUT2D eigenvalue weighted by Crippen LogP contribution is 2.13. The lowest BCUT2D eigenvalue weighted by atomic mass is 9.95. The van der Waals surface area contributed by atoms with E-state index < -0.39 is 0 Å². The van der Waals surface area contributed by atoms with Crippen LogP contribution in [0.3, 0.4) is 0 Å². The van der Waals surface area contributed by atoms with E-state index in [9.17, 15) is 4.79 Å². The molecule has 0 radical (unpaired) electrons. The molecule has 0 aliphatic carbocycles. The topological polar surface area (TPSA) is 58.6 Å². The lowest BCUT2D eigenvalue weighted by Crippen LogP contribution is -2.47. The van der Waals surface area contributed by atoms with Gasteiger partial charge in [0.2, 0.25) is 5.91 Å². The SMILES string of the molecule is CCC(C)(CCO)NC(=O)COC. The van der Waals surface area contributed by atoms with Crippen molar-refractivity contribution < 1.29 is 14.6 Å². The molecule has 4 nitrogen and oxygen atoms in total. The minimum absolute atomic E-state index is 0.0705. The number of hydrogen-bond donors (Lipinski definition) is 2. The van der Waals surface area contributed by atoms with Gasteiger partial charge in [0.05, 0.1) is 0 Å². The summed E-state index contributed by atoms with van der Waals surface area (Å²) in [7, 11) is 1.48. The first kappa shape index (κ1) is 12.4. The van der Waals surface area contributed by atoms with Crippen LogP contribution in [-0.2, 0) is 9.53 Å². The zero-order chi connectivity index (χ0) is 10.3. The first-order valence-electron chi connectivity index (χ1n) is 4.49. The minimum atomic E-state index is -0.315. The summed E-state index contributed by atoms with van der Waals surface area (Å²) in [6, 6.07) is 0. The number of aliphatic hydroxyl groups excluding tert-OH is 1. The molecule has 0 aromatic carbocycles. The van der Waals surface area contributed by atoms with Gasteiger partial charge in [-0.25, -0.2) is 0 Å². The molecule has 0 aromatic heterocycles. The van der Waals surface area contributed by atoms with Crippen LogP contribution in [0.4, 0.5) is 0 Å². The van der Waals surface area contributed by atoms with E-state index in [1.807, 2.05) is 13.8 Å². The maximum atomic E-state index is 11.2.